The van der Waals surface area contributed by atoms with Crippen LogP contribution in [0.2, 0.25) is 0 Å². The van der Waals surface area contributed by atoms with Crippen molar-refractivity contribution >= 4 is 11.8 Å². The monoisotopic (exact) mass is 255 g/mol. The van der Waals surface area contributed by atoms with Crippen LogP contribution in [0, 0.1) is 0 Å². The van der Waals surface area contributed by atoms with E-state index in [0.717, 1.165) is 19.5 Å². The summed E-state index contributed by atoms with van der Waals surface area (Å²) in [5.74, 6) is 1.18. The summed E-state index contributed by atoms with van der Waals surface area (Å²) >= 11 is 1.90. The van der Waals surface area contributed by atoms with E-state index < -0.39 is 0 Å². The highest BCUT2D eigenvalue weighted by atomic mass is 32.2. The highest BCUT2D eigenvalue weighted by molar-refractivity contribution is 7.98. The van der Waals surface area contributed by atoms with Gasteiger partial charge in [0, 0.05) is 24.9 Å². The fourth-order valence-electron chi connectivity index (χ4n) is 1.88. The molecule has 1 heterocycles. The standard InChI is InChI=1S/C13H25N3S/c1-5-11-8-13(16(7-3)15-11)9-14-12(6-2)10-17-4/h8,12,14H,5-7,9-10H2,1-4H3. The summed E-state index contributed by atoms with van der Waals surface area (Å²) in [6, 6.07) is 2.83. The highest BCUT2D eigenvalue weighted by Gasteiger charge is 2.08. The zero-order valence-electron chi connectivity index (χ0n) is 11.5. The molecule has 0 radical (unpaired) electrons. The third kappa shape index (κ3) is 4.36. The maximum absolute atomic E-state index is 4.57. The topological polar surface area (TPSA) is 29.9 Å². The molecule has 0 fully saturated rings. The van der Waals surface area contributed by atoms with Crippen LogP contribution in [0.15, 0.2) is 6.07 Å². The Balaban J connectivity index is 2.57. The zero-order valence-corrected chi connectivity index (χ0v) is 12.3. The van der Waals surface area contributed by atoms with Gasteiger partial charge in [-0.05, 0) is 32.1 Å². The predicted molar refractivity (Wildman–Crippen MR) is 76.6 cm³/mol. The smallest absolute Gasteiger partial charge is 0.0625 e. The van der Waals surface area contributed by atoms with E-state index in [2.05, 4.69) is 48.2 Å². The Bertz CT molecular complexity index is 322. The zero-order chi connectivity index (χ0) is 12.7. The first-order chi connectivity index (χ1) is 8.24. The predicted octanol–water partition coefficient (Wildman–Crippen LogP) is 2.70. The molecule has 98 valence electrons. The number of hydrogen-bond donors (Lipinski definition) is 1. The molecule has 3 nitrogen and oxygen atoms in total. The fraction of sp³-hybridized carbons (Fsp3) is 0.769. The fourth-order valence-corrected chi connectivity index (χ4v) is 2.63. The second-order valence-corrected chi connectivity index (χ2v) is 5.15. The molecule has 1 aromatic heterocycles. The maximum atomic E-state index is 4.57. The van der Waals surface area contributed by atoms with Crippen molar-refractivity contribution in [2.24, 2.45) is 0 Å². The Kier molecular flexibility index (Phi) is 6.66. The van der Waals surface area contributed by atoms with Crippen molar-refractivity contribution in [1.82, 2.24) is 15.1 Å². The molecule has 1 unspecified atom stereocenters. The van der Waals surface area contributed by atoms with Crippen LogP contribution < -0.4 is 5.32 Å². The Morgan fingerprint density at radius 3 is 2.71 bits per heavy atom. The number of aromatic nitrogens is 2. The second-order valence-electron chi connectivity index (χ2n) is 4.24. The normalized spacial score (nSPS) is 12.9. The molecule has 0 aromatic carbocycles. The van der Waals surface area contributed by atoms with Crippen molar-refractivity contribution in [2.45, 2.75) is 52.7 Å². The van der Waals surface area contributed by atoms with E-state index in [9.17, 15) is 0 Å². The van der Waals surface area contributed by atoms with Gasteiger partial charge in [0.1, 0.15) is 0 Å². The molecule has 4 heteroatoms. The third-order valence-corrected chi connectivity index (χ3v) is 3.74. The van der Waals surface area contributed by atoms with Gasteiger partial charge >= 0.3 is 0 Å². The van der Waals surface area contributed by atoms with E-state index in [4.69, 9.17) is 0 Å². The van der Waals surface area contributed by atoms with Crippen molar-refractivity contribution in [1.29, 1.82) is 0 Å². The van der Waals surface area contributed by atoms with Crippen molar-refractivity contribution in [3.05, 3.63) is 17.5 Å². The average molecular weight is 255 g/mol. The molecule has 0 spiro atoms. The van der Waals surface area contributed by atoms with Gasteiger partial charge in [0.25, 0.3) is 0 Å². The van der Waals surface area contributed by atoms with E-state index in [1.165, 1.54) is 23.6 Å². The van der Waals surface area contributed by atoms with Gasteiger partial charge in [-0.15, -0.1) is 0 Å². The Morgan fingerprint density at radius 1 is 1.41 bits per heavy atom. The molecule has 1 atom stereocenters. The molecule has 0 saturated carbocycles. The second kappa shape index (κ2) is 7.77. The molecule has 0 amide bonds. The summed E-state index contributed by atoms with van der Waals surface area (Å²) in [6.07, 6.45) is 4.36. The van der Waals surface area contributed by atoms with Crippen molar-refractivity contribution in [2.75, 3.05) is 12.0 Å². The SMILES string of the molecule is CCc1cc(CNC(CC)CSC)n(CC)n1. The molecular weight excluding hydrogens is 230 g/mol. The first-order valence-corrected chi connectivity index (χ1v) is 7.92. The van der Waals surface area contributed by atoms with Gasteiger partial charge < -0.3 is 5.32 Å². The van der Waals surface area contributed by atoms with Crippen molar-refractivity contribution < 1.29 is 0 Å². The van der Waals surface area contributed by atoms with Crippen LogP contribution in [-0.2, 0) is 19.5 Å². The summed E-state index contributed by atoms with van der Waals surface area (Å²) in [5.41, 5.74) is 2.51. The molecule has 17 heavy (non-hydrogen) atoms. The van der Waals surface area contributed by atoms with Crippen LogP contribution in [0.1, 0.15) is 38.6 Å². The number of hydrogen-bond acceptors (Lipinski definition) is 3. The van der Waals surface area contributed by atoms with E-state index >= 15 is 0 Å². The Morgan fingerprint density at radius 2 is 2.18 bits per heavy atom. The number of thioether (sulfide) groups is 1. The van der Waals surface area contributed by atoms with Gasteiger partial charge in [-0.3, -0.25) is 4.68 Å². The summed E-state index contributed by atoms with van der Waals surface area (Å²) in [5, 5.41) is 8.19. The number of nitrogens with one attached hydrogen (secondary N) is 1. The van der Waals surface area contributed by atoms with Crippen LogP contribution >= 0.6 is 11.8 Å². The van der Waals surface area contributed by atoms with Gasteiger partial charge in [-0.25, -0.2) is 0 Å². The van der Waals surface area contributed by atoms with Crippen LogP contribution in [0.3, 0.4) is 0 Å². The quantitative estimate of drug-likeness (QED) is 0.774. The van der Waals surface area contributed by atoms with Crippen molar-refractivity contribution in [3.8, 4) is 0 Å². The van der Waals surface area contributed by atoms with Crippen LogP contribution in [0.5, 0.6) is 0 Å². The summed E-state index contributed by atoms with van der Waals surface area (Å²) < 4.78 is 2.11. The van der Waals surface area contributed by atoms with E-state index in [0.29, 0.717) is 6.04 Å². The van der Waals surface area contributed by atoms with E-state index in [-0.39, 0.29) is 0 Å². The lowest BCUT2D eigenvalue weighted by atomic mass is 10.2. The van der Waals surface area contributed by atoms with E-state index in [1.54, 1.807) is 0 Å². The van der Waals surface area contributed by atoms with Gasteiger partial charge in [-0.2, -0.15) is 16.9 Å². The highest BCUT2D eigenvalue weighted by Crippen LogP contribution is 2.07. The van der Waals surface area contributed by atoms with Crippen LogP contribution in [-0.4, -0.2) is 27.8 Å². The number of rotatable bonds is 8. The maximum Gasteiger partial charge on any atom is 0.0625 e. The molecule has 0 saturated heterocycles. The van der Waals surface area contributed by atoms with Crippen molar-refractivity contribution in [3.63, 3.8) is 0 Å². The Labute approximate surface area is 109 Å². The molecule has 0 aliphatic rings. The molecule has 1 aromatic rings. The minimum atomic E-state index is 0.607. The molecular formula is C13H25N3S. The average Bonchev–Trinajstić information content (AvgIpc) is 2.76. The van der Waals surface area contributed by atoms with Gasteiger partial charge in [0.15, 0.2) is 0 Å². The Hall–Kier alpha value is -0.480. The van der Waals surface area contributed by atoms with Gasteiger partial charge in [0.05, 0.1) is 11.4 Å². The molecule has 0 aliphatic heterocycles. The molecule has 1 rings (SSSR count). The first-order valence-electron chi connectivity index (χ1n) is 6.52. The minimum absolute atomic E-state index is 0.607. The number of aryl methyl sites for hydroxylation is 2. The largest absolute Gasteiger partial charge is 0.308 e. The van der Waals surface area contributed by atoms with Crippen LogP contribution in [0.4, 0.5) is 0 Å². The summed E-state index contributed by atoms with van der Waals surface area (Å²) in [7, 11) is 0. The number of nitrogens with zero attached hydrogens (tertiary/aromatic N) is 2. The first kappa shape index (κ1) is 14.6. The lowest BCUT2D eigenvalue weighted by Gasteiger charge is -2.15. The van der Waals surface area contributed by atoms with Crippen LogP contribution in [0.25, 0.3) is 0 Å². The molecule has 1 N–H and O–H groups in total. The summed E-state index contributed by atoms with van der Waals surface area (Å²) in [6.45, 7) is 8.43. The molecule has 0 aliphatic carbocycles. The van der Waals surface area contributed by atoms with E-state index in [1.807, 2.05) is 11.8 Å². The summed E-state index contributed by atoms with van der Waals surface area (Å²) in [4.78, 5) is 0. The molecule has 0 bridgehead atoms. The minimum Gasteiger partial charge on any atom is -0.308 e. The lowest BCUT2D eigenvalue weighted by Crippen LogP contribution is -2.30. The van der Waals surface area contributed by atoms with Gasteiger partial charge in [0.2, 0.25) is 0 Å². The lowest BCUT2D eigenvalue weighted by molar-refractivity contribution is 0.511. The third-order valence-electron chi connectivity index (χ3n) is 3.01. The van der Waals surface area contributed by atoms with Gasteiger partial charge in [-0.1, -0.05) is 13.8 Å².